The molecule has 0 fully saturated rings. The summed E-state index contributed by atoms with van der Waals surface area (Å²) in [5.41, 5.74) is 5.57. The molecule has 3 N–H and O–H groups in total. The van der Waals surface area contributed by atoms with Crippen LogP contribution in [0.2, 0.25) is 0 Å². The van der Waals surface area contributed by atoms with Crippen molar-refractivity contribution in [3.05, 3.63) is 57.8 Å². The molecule has 0 aliphatic heterocycles. The smallest absolute Gasteiger partial charge is 0.147 e. The highest BCUT2D eigenvalue weighted by molar-refractivity contribution is 9.10. The Bertz CT molecular complexity index is 692. The molecule has 2 aromatic carbocycles. The summed E-state index contributed by atoms with van der Waals surface area (Å²) in [6, 6.07) is 5.90. The Labute approximate surface area is 126 Å². The number of halogens is 4. The first-order valence-corrected chi connectivity index (χ1v) is 6.59. The lowest BCUT2D eigenvalue weighted by Crippen LogP contribution is -2.11. The van der Waals surface area contributed by atoms with Gasteiger partial charge in [-0.25, -0.2) is 13.2 Å². The van der Waals surface area contributed by atoms with Gasteiger partial charge in [0.15, 0.2) is 0 Å². The summed E-state index contributed by atoms with van der Waals surface area (Å²) >= 11 is 7.55. The number of thiocarbonyl (C=S) groups is 1. The first kappa shape index (κ1) is 14.8. The molecular weight excluding hydrogens is 353 g/mol. The molecule has 0 spiro atoms. The molecule has 0 heterocycles. The lowest BCUT2D eigenvalue weighted by molar-refractivity contribution is 0.597. The average molecular weight is 361 g/mol. The fourth-order valence-electron chi connectivity index (χ4n) is 1.57. The maximum Gasteiger partial charge on any atom is 0.147 e. The summed E-state index contributed by atoms with van der Waals surface area (Å²) in [5, 5.41) is 2.59. The quantitative estimate of drug-likeness (QED) is 0.634. The van der Waals surface area contributed by atoms with Crippen molar-refractivity contribution in [1.82, 2.24) is 0 Å². The summed E-state index contributed by atoms with van der Waals surface area (Å²) < 4.78 is 40.7. The fraction of sp³-hybridized carbons (Fsp3) is 0. The molecule has 0 atom stereocenters. The van der Waals surface area contributed by atoms with Gasteiger partial charge in [0.25, 0.3) is 0 Å². The number of anilines is 2. The predicted molar refractivity (Wildman–Crippen MR) is 79.6 cm³/mol. The van der Waals surface area contributed by atoms with Crippen LogP contribution in [0.25, 0.3) is 0 Å². The second-order valence-electron chi connectivity index (χ2n) is 3.93. The van der Waals surface area contributed by atoms with Crippen LogP contribution >= 0.6 is 28.1 Å². The van der Waals surface area contributed by atoms with E-state index in [1.54, 1.807) is 0 Å². The number of hydrogen-bond acceptors (Lipinski definition) is 2. The van der Waals surface area contributed by atoms with Gasteiger partial charge in [0.2, 0.25) is 0 Å². The Balaban J connectivity index is 2.33. The van der Waals surface area contributed by atoms with E-state index in [9.17, 15) is 13.2 Å². The molecule has 2 aromatic rings. The maximum atomic E-state index is 13.7. The Morgan fingerprint density at radius 1 is 1.05 bits per heavy atom. The van der Waals surface area contributed by atoms with E-state index in [1.807, 2.05) is 0 Å². The zero-order valence-electron chi connectivity index (χ0n) is 9.88. The third kappa shape index (κ3) is 3.10. The molecule has 0 saturated heterocycles. The summed E-state index contributed by atoms with van der Waals surface area (Å²) in [5.74, 6) is -1.94. The number of benzene rings is 2. The van der Waals surface area contributed by atoms with E-state index in [1.165, 1.54) is 12.1 Å². The SMILES string of the molecule is NC(=S)c1ccc(Nc2cc(F)c(Br)cc2F)cc1F. The van der Waals surface area contributed by atoms with Crippen LogP contribution in [-0.4, -0.2) is 4.99 Å². The van der Waals surface area contributed by atoms with Crippen LogP contribution < -0.4 is 11.1 Å². The molecule has 0 aliphatic rings. The van der Waals surface area contributed by atoms with Crippen LogP contribution in [0.5, 0.6) is 0 Å². The Kier molecular flexibility index (Phi) is 4.29. The third-order valence-corrected chi connectivity index (χ3v) is 3.35. The normalized spacial score (nSPS) is 10.4. The van der Waals surface area contributed by atoms with E-state index in [4.69, 9.17) is 5.73 Å². The average Bonchev–Trinajstić information content (AvgIpc) is 2.35. The zero-order valence-corrected chi connectivity index (χ0v) is 12.3. The van der Waals surface area contributed by atoms with Gasteiger partial charge in [-0.1, -0.05) is 12.2 Å². The van der Waals surface area contributed by atoms with Crippen molar-refractivity contribution in [2.45, 2.75) is 0 Å². The summed E-state index contributed by atoms with van der Waals surface area (Å²) in [6.07, 6.45) is 0. The van der Waals surface area contributed by atoms with Crippen molar-refractivity contribution >= 4 is 44.5 Å². The largest absolute Gasteiger partial charge is 0.389 e. The molecule has 0 radical (unpaired) electrons. The van der Waals surface area contributed by atoms with E-state index >= 15 is 0 Å². The molecule has 0 aliphatic carbocycles. The molecule has 104 valence electrons. The van der Waals surface area contributed by atoms with Crippen LogP contribution in [0.3, 0.4) is 0 Å². The van der Waals surface area contributed by atoms with Crippen LogP contribution in [0.1, 0.15) is 5.56 Å². The zero-order chi connectivity index (χ0) is 14.9. The van der Waals surface area contributed by atoms with E-state index in [0.717, 1.165) is 18.2 Å². The monoisotopic (exact) mass is 360 g/mol. The van der Waals surface area contributed by atoms with Crippen molar-refractivity contribution in [3.8, 4) is 0 Å². The number of nitrogens with one attached hydrogen (secondary N) is 1. The Morgan fingerprint density at radius 3 is 2.35 bits per heavy atom. The van der Waals surface area contributed by atoms with Gasteiger partial charge in [-0.2, -0.15) is 0 Å². The third-order valence-electron chi connectivity index (χ3n) is 2.52. The number of nitrogens with two attached hydrogens (primary N) is 1. The standard InChI is InChI=1S/C13H8BrF3N2S/c14-8-4-11(17)12(5-10(8)16)19-6-1-2-7(13(18)20)9(15)3-6/h1-5,19H,(H2,18,20). The highest BCUT2D eigenvalue weighted by Gasteiger charge is 2.10. The second-order valence-corrected chi connectivity index (χ2v) is 5.22. The van der Waals surface area contributed by atoms with Crippen LogP contribution in [0, 0.1) is 17.5 Å². The molecule has 0 unspecified atom stereocenters. The lowest BCUT2D eigenvalue weighted by Gasteiger charge is -2.10. The van der Waals surface area contributed by atoms with E-state index in [-0.39, 0.29) is 26.4 Å². The molecule has 0 aromatic heterocycles. The summed E-state index contributed by atoms with van der Waals surface area (Å²) in [6.45, 7) is 0. The highest BCUT2D eigenvalue weighted by Crippen LogP contribution is 2.26. The fourth-order valence-corrected chi connectivity index (χ4v) is 2.05. The molecule has 7 heteroatoms. The molecular formula is C13H8BrF3N2S. The van der Waals surface area contributed by atoms with Crippen molar-refractivity contribution in [1.29, 1.82) is 0 Å². The molecule has 2 nitrogen and oxygen atoms in total. The van der Waals surface area contributed by atoms with E-state index < -0.39 is 17.5 Å². The minimum Gasteiger partial charge on any atom is -0.389 e. The number of hydrogen-bond donors (Lipinski definition) is 2. The van der Waals surface area contributed by atoms with Gasteiger partial charge in [-0.3, -0.25) is 0 Å². The van der Waals surface area contributed by atoms with Crippen LogP contribution in [-0.2, 0) is 0 Å². The molecule has 0 bridgehead atoms. The maximum absolute atomic E-state index is 13.7. The van der Waals surface area contributed by atoms with Crippen molar-refractivity contribution in [3.63, 3.8) is 0 Å². The minimum absolute atomic E-state index is 0.00978. The molecule has 0 saturated carbocycles. The van der Waals surface area contributed by atoms with E-state index in [2.05, 4.69) is 33.5 Å². The van der Waals surface area contributed by atoms with Gasteiger partial charge >= 0.3 is 0 Å². The van der Waals surface area contributed by atoms with Crippen molar-refractivity contribution < 1.29 is 13.2 Å². The van der Waals surface area contributed by atoms with E-state index in [0.29, 0.717) is 0 Å². The van der Waals surface area contributed by atoms with Crippen molar-refractivity contribution in [2.24, 2.45) is 5.73 Å². The van der Waals surface area contributed by atoms with Gasteiger partial charge in [-0.05, 0) is 40.2 Å². The first-order chi connectivity index (χ1) is 9.38. The van der Waals surface area contributed by atoms with Gasteiger partial charge in [-0.15, -0.1) is 0 Å². The van der Waals surface area contributed by atoms with Gasteiger partial charge in [0.1, 0.15) is 22.4 Å². The van der Waals surface area contributed by atoms with Gasteiger partial charge < -0.3 is 11.1 Å². The van der Waals surface area contributed by atoms with Crippen LogP contribution in [0.4, 0.5) is 24.5 Å². The first-order valence-electron chi connectivity index (χ1n) is 5.39. The van der Waals surface area contributed by atoms with Gasteiger partial charge in [0, 0.05) is 17.3 Å². The topological polar surface area (TPSA) is 38.0 Å². The predicted octanol–water partition coefficient (Wildman–Crippen LogP) is 4.24. The molecule has 20 heavy (non-hydrogen) atoms. The van der Waals surface area contributed by atoms with Crippen LogP contribution in [0.15, 0.2) is 34.8 Å². The summed E-state index contributed by atoms with van der Waals surface area (Å²) in [4.78, 5) is -0.0742. The Hall–Kier alpha value is -1.60. The summed E-state index contributed by atoms with van der Waals surface area (Å²) in [7, 11) is 0. The van der Waals surface area contributed by atoms with Crippen molar-refractivity contribution in [2.75, 3.05) is 5.32 Å². The highest BCUT2D eigenvalue weighted by atomic mass is 79.9. The lowest BCUT2D eigenvalue weighted by atomic mass is 10.2. The number of rotatable bonds is 3. The minimum atomic E-state index is -0.669. The molecule has 2 rings (SSSR count). The second kappa shape index (κ2) is 5.80. The van der Waals surface area contributed by atoms with Gasteiger partial charge in [0.05, 0.1) is 10.2 Å². The Morgan fingerprint density at radius 2 is 1.75 bits per heavy atom. The molecule has 0 amide bonds.